The molecule has 0 aromatic heterocycles. The summed E-state index contributed by atoms with van der Waals surface area (Å²) >= 11 is 5.92. The number of hydrogen-bond donors (Lipinski definition) is 0. The molecule has 2 unspecified atom stereocenters. The first-order chi connectivity index (χ1) is 6.76. The molecule has 1 aliphatic heterocycles. The van der Waals surface area contributed by atoms with E-state index in [1.807, 2.05) is 0 Å². The lowest BCUT2D eigenvalue weighted by molar-refractivity contribution is 0.161. The first kappa shape index (κ1) is 12.3. The molecule has 0 N–H and O–H groups in total. The molecule has 1 fully saturated rings. The first-order valence-electron chi connectivity index (χ1n) is 6.04. The Kier molecular flexibility index (Phi) is 5.88. The Bertz CT molecular complexity index is 149. The maximum absolute atomic E-state index is 5.92. The molecule has 0 spiro atoms. The predicted octanol–water partition coefficient (Wildman–Crippen LogP) is 3.37. The minimum absolute atomic E-state index is 0.749. The number of rotatable bonds is 5. The zero-order chi connectivity index (χ0) is 10.4. The molecular formula is C12H24ClN. The summed E-state index contributed by atoms with van der Waals surface area (Å²) in [6.07, 6.45) is 5.36. The Balaban J connectivity index is 2.22. The van der Waals surface area contributed by atoms with E-state index in [4.69, 9.17) is 11.6 Å². The van der Waals surface area contributed by atoms with Gasteiger partial charge < -0.3 is 4.90 Å². The third kappa shape index (κ3) is 4.18. The zero-order valence-corrected chi connectivity index (χ0v) is 10.4. The molecule has 0 aliphatic carbocycles. The summed E-state index contributed by atoms with van der Waals surface area (Å²) < 4.78 is 0. The van der Waals surface area contributed by atoms with Crippen LogP contribution in [0.1, 0.15) is 39.5 Å². The van der Waals surface area contributed by atoms with Crippen LogP contribution in [-0.2, 0) is 0 Å². The number of piperidine rings is 1. The second kappa shape index (κ2) is 6.68. The molecule has 2 atom stereocenters. The van der Waals surface area contributed by atoms with Gasteiger partial charge in [0.25, 0.3) is 0 Å². The molecule has 0 radical (unpaired) electrons. The average molecular weight is 218 g/mol. The van der Waals surface area contributed by atoms with Crippen LogP contribution in [0.15, 0.2) is 0 Å². The summed E-state index contributed by atoms with van der Waals surface area (Å²) in [6, 6.07) is 0. The Labute approximate surface area is 93.8 Å². The molecule has 14 heavy (non-hydrogen) atoms. The summed E-state index contributed by atoms with van der Waals surface area (Å²) in [4.78, 5) is 2.61. The Morgan fingerprint density at radius 3 is 2.93 bits per heavy atom. The van der Waals surface area contributed by atoms with Crippen molar-refractivity contribution in [1.82, 2.24) is 4.90 Å². The molecule has 1 saturated heterocycles. The maximum atomic E-state index is 5.92. The molecule has 2 heteroatoms. The van der Waals surface area contributed by atoms with Crippen molar-refractivity contribution in [3.05, 3.63) is 0 Å². The van der Waals surface area contributed by atoms with E-state index in [0.29, 0.717) is 0 Å². The van der Waals surface area contributed by atoms with Crippen LogP contribution >= 0.6 is 11.6 Å². The van der Waals surface area contributed by atoms with Gasteiger partial charge >= 0.3 is 0 Å². The van der Waals surface area contributed by atoms with Crippen molar-refractivity contribution in [2.45, 2.75) is 39.5 Å². The first-order valence-corrected chi connectivity index (χ1v) is 6.58. The molecule has 0 aromatic carbocycles. The summed E-state index contributed by atoms with van der Waals surface area (Å²) in [5.74, 6) is 2.45. The van der Waals surface area contributed by atoms with Gasteiger partial charge in [0.1, 0.15) is 0 Å². The normalized spacial score (nSPS) is 26.4. The van der Waals surface area contributed by atoms with E-state index in [1.165, 1.54) is 45.3 Å². The van der Waals surface area contributed by atoms with Gasteiger partial charge in [-0.15, -0.1) is 11.6 Å². The minimum atomic E-state index is 0.749. The lowest BCUT2D eigenvalue weighted by atomic mass is 9.98. The molecular weight excluding hydrogens is 194 g/mol. The molecule has 1 nitrogen and oxygen atoms in total. The maximum Gasteiger partial charge on any atom is 0.0263 e. The average Bonchev–Trinajstić information content (AvgIpc) is 2.18. The van der Waals surface area contributed by atoms with Gasteiger partial charge in [-0.25, -0.2) is 0 Å². The van der Waals surface area contributed by atoms with E-state index in [2.05, 4.69) is 18.7 Å². The van der Waals surface area contributed by atoms with Crippen molar-refractivity contribution in [2.75, 3.05) is 25.5 Å². The fraction of sp³-hybridized carbons (Fsp3) is 1.00. The Morgan fingerprint density at radius 1 is 1.50 bits per heavy atom. The Hall–Kier alpha value is 0.250. The van der Waals surface area contributed by atoms with Crippen molar-refractivity contribution in [3.8, 4) is 0 Å². The van der Waals surface area contributed by atoms with E-state index in [9.17, 15) is 0 Å². The second-order valence-corrected chi connectivity index (χ2v) is 5.12. The van der Waals surface area contributed by atoms with Crippen LogP contribution in [0.25, 0.3) is 0 Å². The summed E-state index contributed by atoms with van der Waals surface area (Å²) in [5.41, 5.74) is 0. The van der Waals surface area contributed by atoms with Crippen LogP contribution in [0, 0.1) is 11.8 Å². The van der Waals surface area contributed by atoms with Gasteiger partial charge in [-0.05, 0) is 37.6 Å². The second-order valence-electron chi connectivity index (χ2n) is 4.82. The highest BCUT2D eigenvalue weighted by Gasteiger charge is 2.19. The fourth-order valence-electron chi connectivity index (χ4n) is 2.47. The third-order valence-corrected chi connectivity index (χ3v) is 3.61. The van der Waals surface area contributed by atoms with Gasteiger partial charge in [0.05, 0.1) is 0 Å². The van der Waals surface area contributed by atoms with Gasteiger partial charge in [0.2, 0.25) is 0 Å². The highest BCUT2D eigenvalue weighted by molar-refractivity contribution is 6.18. The van der Waals surface area contributed by atoms with Crippen LogP contribution in [0.5, 0.6) is 0 Å². The van der Waals surface area contributed by atoms with E-state index < -0.39 is 0 Å². The van der Waals surface area contributed by atoms with Crippen molar-refractivity contribution in [1.29, 1.82) is 0 Å². The van der Waals surface area contributed by atoms with Gasteiger partial charge in [-0.3, -0.25) is 0 Å². The highest BCUT2D eigenvalue weighted by Crippen LogP contribution is 2.19. The van der Waals surface area contributed by atoms with E-state index in [0.717, 1.165) is 17.7 Å². The zero-order valence-electron chi connectivity index (χ0n) is 9.64. The van der Waals surface area contributed by atoms with Crippen LogP contribution < -0.4 is 0 Å². The molecule has 0 saturated carbocycles. The molecule has 1 heterocycles. The predicted molar refractivity (Wildman–Crippen MR) is 64.0 cm³/mol. The monoisotopic (exact) mass is 217 g/mol. The van der Waals surface area contributed by atoms with Gasteiger partial charge in [-0.2, -0.15) is 0 Å². The van der Waals surface area contributed by atoms with Crippen LogP contribution in [0.4, 0.5) is 0 Å². The highest BCUT2D eigenvalue weighted by atomic mass is 35.5. The van der Waals surface area contributed by atoms with Crippen molar-refractivity contribution >= 4 is 11.6 Å². The summed E-state index contributed by atoms with van der Waals surface area (Å²) in [6.45, 7) is 8.45. The molecule has 0 bridgehead atoms. The number of halogens is 1. The number of alkyl halides is 1. The SMILES string of the molecule is CCCC(C)CN1CCCC(CCl)C1. The van der Waals surface area contributed by atoms with E-state index in [1.54, 1.807) is 0 Å². The largest absolute Gasteiger partial charge is 0.303 e. The van der Waals surface area contributed by atoms with Crippen LogP contribution in [0.2, 0.25) is 0 Å². The van der Waals surface area contributed by atoms with E-state index >= 15 is 0 Å². The van der Waals surface area contributed by atoms with Gasteiger partial charge in [0, 0.05) is 19.0 Å². The lowest BCUT2D eigenvalue weighted by Crippen LogP contribution is -2.38. The number of nitrogens with zero attached hydrogens (tertiary/aromatic N) is 1. The standard InChI is InChI=1S/C12H24ClN/c1-3-5-11(2)9-14-7-4-6-12(8-13)10-14/h11-12H,3-10H2,1-2H3. The summed E-state index contributed by atoms with van der Waals surface area (Å²) in [7, 11) is 0. The topological polar surface area (TPSA) is 3.24 Å². The van der Waals surface area contributed by atoms with Crippen LogP contribution in [0.3, 0.4) is 0 Å². The van der Waals surface area contributed by atoms with Gasteiger partial charge in [0.15, 0.2) is 0 Å². The molecule has 1 aliphatic rings. The fourth-order valence-corrected chi connectivity index (χ4v) is 2.72. The van der Waals surface area contributed by atoms with Crippen molar-refractivity contribution in [2.24, 2.45) is 11.8 Å². The quantitative estimate of drug-likeness (QED) is 0.639. The van der Waals surface area contributed by atoms with Crippen LogP contribution in [-0.4, -0.2) is 30.4 Å². The number of likely N-dealkylation sites (tertiary alicyclic amines) is 1. The van der Waals surface area contributed by atoms with Crippen molar-refractivity contribution < 1.29 is 0 Å². The molecule has 84 valence electrons. The lowest BCUT2D eigenvalue weighted by Gasteiger charge is -2.33. The molecule has 1 rings (SSSR count). The molecule has 0 amide bonds. The van der Waals surface area contributed by atoms with Gasteiger partial charge in [-0.1, -0.05) is 20.3 Å². The third-order valence-electron chi connectivity index (χ3n) is 3.17. The smallest absolute Gasteiger partial charge is 0.0263 e. The summed E-state index contributed by atoms with van der Waals surface area (Å²) in [5, 5.41) is 0. The number of hydrogen-bond acceptors (Lipinski definition) is 1. The van der Waals surface area contributed by atoms with E-state index in [-0.39, 0.29) is 0 Å². The molecule has 0 aromatic rings. The minimum Gasteiger partial charge on any atom is -0.303 e. The Morgan fingerprint density at radius 2 is 2.29 bits per heavy atom. The van der Waals surface area contributed by atoms with Crippen molar-refractivity contribution in [3.63, 3.8) is 0 Å².